The second-order valence-corrected chi connectivity index (χ2v) is 8.52. The molecule has 2 aliphatic heterocycles. The normalized spacial score (nSPS) is 18.0. The van der Waals surface area contributed by atoms with Crippen LogP contribution in [0.1, 0.15) is 44.8 Å². The molecule has 0 bridgehead atoms. The van der Waals surface area contributed by atoms with E-state index in [9.17, 15) is 4.79 Å². The summed E-state index contributed by atoms with van der Waals surface area (Å²) >= 11 is 0. The second-order valence-electron chi connectivity index (χ2n) is 8.52. The molecule has 3 heterocycles. The summed E-state index contributed by atoms with van der Waals surface area (Å²) in [5.74, 6) is 0.454. The molecule has 2 aliphatic rings. The van der Waals surface area contributed by atoms with Crippen molar-refractivity contribution in [2.75, 3.05) is 12.4 Å². The van der Waals surface area contributed by atoms with Gasteiger partial charge in [-0.1, -0.05) is 42.0 Å². The van der Waals surface area contributed by atoms with E-state index in [0.717, 1.165) is 28.0 Å². The van der Waals surface area contributed by atoms with Gasteiger partial charge in [0, 0.05) is 16.7 Å². The number of halogens is 1. The molecule has 0 radical (unpaired) electrons. The zero-order valence-electron chi connectivity index (χ0n) is 19.0. The number of rotatable bonds is 3. The highest BCUT2D eigenvalue weighted by Gasteiger charge is 2.41. The maximum Gasteiger partial charge on any atom is 0.337 e. The number of carbonyl (C=O) groups excluding carboxylic acids is 1. The molecule has 0 aliphatic carbocycles. The molecule has 8 heteroatoms. The maximum absolute atomic E-state index is 15.2. The van der Waals surface area contributed by atoms with Crippen LogP contribution in [0, 0.1) is 12.7 Å². The van der Waals surface area contributed by atoms with Crippen LogP contribution in [-0.4, -0.2) is 27.8 Å². The van der Waals surface area contributed by atoms with E-state index >= 15 is 4.39 Å². The van der Waals surface area contributed by atoms with Crippen molar-refractivity contribution in [3.63, 3.8) is 0 Å². The number of methoxy groups -OCH3 is 1. The van der Waals surface area contributed by atoms with Gasteiger partial charge in [0.05, 0.1) is 18.4 Å². The number of fused-ring (bicyclic) bond motifs is 3. The highest BCUT2D eigenvalue weighted by molar-refractivity contribution is 5.89. The van der Waals surface area contributed by atoms with E-state index in [1.165, 1.54) is 19.5 Å². The van der Waals surface area contributed by atoms with Crippen molar-refractivity contribution in [1.82, 2.24) is 14.8 Å². The number of nitrogens with zero attached hydrogens (tertiary/aromatic N) is 3. The zero-order chi connectivity index (χ0) is 24.1. The van der Waals surface area contributed by atoms with Crippen LogP contribution in [0.2, 0.25) is 0 Å². The maximum atomic E-state index is 15.2. The lowest BCUT2D eigenvalue weighted by Crippen LogP contribution is -2.33. The molecule has 3 aromatic carbocycles. The topological polar surface area (TPSA) is 78.3 Å². The van der Waals surface area contributed by atoms with Gasteiger partial charge in [-0.05, 0) is 42.8 Å². The predicted molar refractivity (Wildman–Crippen MR) is 127 cm³/mol. The van der Waals surface area contributed by atoms with Gasteiger partial charge < -0.3 is 14.8 Å². The zero-order valence-corrected chi connectivity index (χ0v) is 19.0. The molecule has 0 saturated carbocycles. The SMILES string of the molecule is COC(=O)c1ccc([C@H]2Oc3ccc(C)cc3C3=C2[C@@H](c2ccccc2F)n2ncnc2N3)cc1. The van der Waals surface area contributed by atoms with Gasteiger partial charge in [0.25, 0.3) is 0 Å². The summed E-state index contributed by atoms with van der Waals surface area (Å²) in [6.07, 6.45) is 0.883. The Morgan fingerprint density at radius 3 is 2.69 bits per heavy atom. The summed E-state index contributed by atoms with van der Waals surface area (Å²) < 4.78 is 28.3. The van der Waals surface area contributed by atoms with Crippen molar-refractivity contribution < 1.29 is 18.7 Å². The first-order chi connectivity index (χ1) is 17.0. The van der Waals surface area contributed by atoms with Crippen LogP contribution >= 0.6 is 0 Å². The Labute approximate surface area is 200 Å². The Balaban J connectivity index is 1.59. The Kier molecular flexibility index (Phi) is 4.88. The average Bonchev–Trinajstić information content (AvgIpc) is 3.36. The summed E-state index contributed by atoms with van der Waals surface area (Å²) in [6.45, 7) is 2.01. The van der Waals surface area contributed by atoms with Crippen LogP contribution in [0.5, 0.6) is 5.75 Å². The lowest BCUT2D eigenvalue weighted by atomic mass is 9.84. The fourth-order valence-corrected chi connectivity index (χ4v) is 4.77. The first-order valence-electron chi connectivity index (χ1n) is 11.2. The molecule has 0 fully saturated rings. The van der Waals surface area contributed by atoms with Crippen LogP contribution in [0.25, 0.3) is 5.70 Å². The minimum absolute atomic E-state index is 0.345. The summed E-state index contributed by atoms with van der Waals surface area (Å²) in [5.41, 5.74) is 5.26. The molecule has 0 amide bonds. The van der Waals surface area contributed by atoms with E-state index < -0.39 is 18.1 Å². The summed E-state index contributed by atoms with van der Waals surface area (Å²) in [5, 5.41) is 7.83. The van der Waals surface area contributed by atoms with Gasteiger partial charge in [-0.2, -0.15) is 10.1 Å². The Bertz CT molecular complexity index is 1490. The molecule has 174 valence electrons. The average molecular weight is 468 g/mol. The number of aryl methyl sites for hydroxylation is 1. The molecule has 6 rings (SSSR count). The number of hydrogen-bond donors (Lipinski definition) is 1. The third kappa shape index (κ3) is 3.37. The Hall–Kier alpha value is -4.46. The molecular weight excluding hydrogens is 447 g/mol. The van der Waals surface area contributed by atoms with Gasteiger partial charge in [0.15, 0.2) is 0 Å². The molecule has 1 N–H and O–H groups in total. The van der Waals surface area contributed by atoms with Crippen LogP contribution in [0.4, 0.5) is 10.3 Å². The van der Waals surface area contributed by atoms with Gasteiger partial charge in [-0.15, -0.1) is 0 Å². The molecule has 0 saturated heterocycles. The number of aromatic nitrogens is 3. The van der Waals surface area contributed by atoms with Crippen molar-refractivity contribution in [3.8, 4) is 5.75 Å². The molecule has 2 atom stereocenters. The minimum Gasteiger partial charge on any atom is -0.480 e. The van der Waals surface area contributed by atoms with E-state index in [1.807, 2.05) is 37.3 Å². The lowest BCUT2D eigenvalue weighted by Gasteiger charge is -2.39. The molecule has 0 unspecified atom stereocenters. The monoisotopic (exact) mass is 468 g/mol. The number of hydrogen-bond acceptors (Lipinski definition) is 6. The van der Waals surface area contributed by atoms with Crippen molar-refractivity contribution in [3.05, 3.63) is 112 Å². The van der Waals surface area contributed by atoms with E-state index in [0.29, 0.717) is 22.8 Å². The molecule has 35 heavy (non-hydrogen) atoms. The standard InChI is InChI=1S/C27H21FN4O3/c1-15-7-12-21-19(13-15)23-22(25(35-21)16-8-10-17(11-9-16)26(33)34-2)24(18-5-3-4-6-20(18)28)32-27(31-23)29-14-30-32/h3-14,24-25H,1-2H3,(H,29,30,31)/t24-,25-/m1/s1. The fourth-order valence-electron chi connectivity index (χ4n) is 4.77. The summed E-state index contributed by atoms with van der Waals surface area (Å²) in [7, 11) is 1.35. The number of anilines is 1. The highest BCUT2D eigenvalue weighted by Crippen LogP contribution is 2.51. The van der Waals surface area contributed by atoms with E-state index in [1.54, 1.807) is 35.0 Å². The van der Waals surface area contributed by atoms with E-state index in [4.69, 9.17) is 9.47 Å². The van der Waals surface area contributed by atoms with Crippen molar-refractivity contribution >= 4 is 17.6 Å². The van der Waals surface area contributed by atoms with E-state index in [2.05, 4.69) is 15.4 Å². The minimum atomic E-state index is -0.594. The van der Waals surface area contributed by atoms with Gasteiger partial charge in [0.1, 0.15) is 30.0 Å². The third-order valence-electron chi connectivity index (χ3n) is 6.40. The molecule has 0 spiro atoms. The third-order valence-corrected chi connectivity index (χ3v) is 6.40. The number of esters is 1. The Morgan fingerprint density at radius 1 is 1.11 bits per heavy atom. The lowest BCUT2D eigenvalue weighted by molar-refractivity contribution is 0.0600. The van der Waals surface area contributed by atoms with Crippen LogP contribution in [-0.2, 0) is 4.74 Å². The van der Waals surface area contributed by atoms with Gasteiger partial charge >= 0.3 is 5.97 Å². The van der Waals surface area contributed by atoms with Gasteiger partial charge in [-0.3, -0.25) is 0 Å². The fraction of sp³-hybridized carbons (Fsp3) is 0.148. The van der Waals surface area contributed by atoms with Crippen molar-refractivity contribution in [1.29, 1.82) is 0 Å². The summed E-state index contributed by atoms with van der Waals surface area (Å²) in [4.78, 5) is 16.4. The Morgan fingerprint density at radius 2 is 1.91 bits per heavy atom. The smallest absolute Gasteiger partial charge is 0.337 e. The quantitative estimate of drug-likeness (QED) is 0.423. The van der Waals surface area contributed by atoms with E-state index in [-0.39, 0.29) is 5.82 Å². The number of ether oxygens (including phenoxy) is 2. The van der Waals surface area contributed by atoms with Crippen LogP contribution in [0.3, 0.4) is 0 Å². The van der Waals surface area contributed by atoms with Crippen LogP contribution in [0.15, 0.2) is 78.6 Å². The van der Waals surface area contributed by atoms with Crippen molar-refractivity contribution in [2.24, 2.45) is 0 Å². The predicted octanol–water partition coefficient (Wildman–Crippen LogP) is 5.07. The largest absolute Gasteiger partial charge is 0.480 e. The van der Waals surface area contributed by atoms with Crippen LogP contribution < -0.4 is 10.1 Å². The molecule has 4 aromatic rings. The highest BCUT2D eigenvalue weighted by atomic mass is 19.1. The van der Waals surface area contributed by atoms with Crippen molar-refractivity contribution in [2.45, 2.75) is 19.1 Å². The van der Waals surface area contributed by atoms with Gasteiger partial charge in [0.2, 0.25) is 5.95 Å². The first kappa shape index (κ1) is 21.1. The molecule has 1 aromatic heterocycles. The summed E-state index contributed by atoms with van der Waals surface area (Å²) in [6, 6.07) is 19.1. The first-order valence-corrected chi connectivity index (χ1v) is 11.2. The molecular formula is C27H21FN4O3. The second kappa shape index (κ2) is 8.09. The molecule has 7 nitrogen and oxygen atoms in total. The number of nitrogens with one attached hydrogen (secondary N) is 1. The number of benzene rings is 3. The van der Waals surface area contributed by atoms with Gasteiger partial charge in [-0.25, -0.2) is 13.9 Å². The number of carbonyl (C=O) groups is 1.